The van der Waals surface area contributed by atoms with Gasteiger partial charge in [-0.2, -0.15) is 0 Å². The fourth-order valence-corrected chi connectivity index (χ4v) is 2.93. The number of para-hydroxylation sites is 2. The van der Waals surface area contributed by atoms with Crippen LogP contribution >= 0.6 is 0 Å². The molecule has 1 amide bonds. The van der Waals surface area contributed by atoms with Crippen molar-refractivity contribution in [2.75, 3.05) is 5.32 Å². The zero-order chi connectivity index (χ0) is 20.6. The third-order valence-corrected chi connectivity index (χ3v) is 4.84. The lowest BCUT2D eigenvalue weighted by Crippen LogP contribution is -2.30. The van der Waals surface area contributed by atoms with Crippen LogP contribution in [0.25, 0.3) is 0 Å². The van der Waals surface area contributed by atoms with E-state index >= 15 is 0 Å². The van der Waals surface area contributed by atoms with E-state index in [1.807, 2.05) is 72.8 Å². The van der Waals surface area contributed by atoms with Crippen molar-refractivity contribution in [2.45, 2.75) is 39.2 Å². The summed E-state index contributed by atoms with van der Waals surface area (Å²) in [5.41, 5.74) is 1.82. The van der Waals surface area contributed by atoms with Crippen LogP contribution in [0, 0.1) is 0 Å². The van der Waals surface area contributed by atoms with Gasteiger partial charge in [-0.1, -0.05) is 50.2 Å². The Balaban J connectivity index is 1.60. The van der Waals surface area contributed by atoms with E-state index in [9.17, 15) is 4.79 Å². The molecule has 0 aromatic heterocycles. The molecule has 0 saturated heterocycles. The van der Waals surface area contributed by atoms with E-state index in [1.54, 1.807) is 6.92 Å². The Morgan fingerprint density at radius 3 is 2.17 bits per heavy atom. The van der Waals surface area contributed by atoms with Crippen molar-refractivity contribution in [3.8, 4) is 17.2 Å². The minimum atomic E-state index is -0.611. The zero-order valence-electron chi connectivity index (χ0n) is 17.1. The lowest BCUT2D eigenvalue weighted by atomic mass is 9.98. The maximum Gasteiger partial charge on any atom is 0.265 e. The van der Waals surface area contributed by atoms with Gasteiger partial charge in [-0.15, -0.1) is 0 Å². The van der Waals surface area contributed by atoms with Crippen LogP contribution < -0.4 is 14.8 Å². The van der Waals surface area contributed by atoms with Crippen molar-refractivity contribution < 1.29 is 14.3 Å². The van der Waals surface area contributed by atoms with Crippen LogP contribution in [0.5, 0.6) is 17.2 Å². The molecule has 4 heteroatoms. The average Bonchev–Trinajstić information content (AvgIpc) is 2.75. The smallest absolute Gasteiger partial charge is 0.265 e. The third kappa shape index (κ3) is 5.61. The largest absolute Gasteiger partial charge is 0.481 e. The molecule has 0 aliphatic carbocycles. The van der Waals surface area contributed by atoms with Gasteiger partial charge >= 0.3 is 0 Å². The van der Waals surface area contributed by atoms with Crippen molar-refractivity contribution >= 4 is 11.6 Å². The van der Waals surface area contributed by atoms with Crippen LogP contribution in [0.4, 0.5) is 5.69 Å². The topological polar surface area (TPSA) is 47.6 Å². The van der Waals surface area contributed by atoms with Crippen molar-refractivity contribution in [2.24, 2.45) is 0 Å². The molecule has 0 aliphatic rings. The number of ether oxygens (including phenoxy) is 2. The Labute approximate surface area is 172 Å². The van der Waals surface area contributed by atoms with Gasteiger partial charge in [-0.05, 0) is 67.3 Å². The second-order valence-corrected chi connectivity index (χ2v) is 7.04. The highest BCUT2D eigenvalue weighted by atomic mass is 16.5. The lowest BCUT2D eigenvalue weighted by molar-refractivity contribution is -0.122. The summed E-state index contributed by atoms with van der Waals surface area (Å²) in [6.45, 7) is 6.06. The molecule has 0 radical (unpaired) electrons. The van der Waals surface area contributed by atoms with E-state index in [0.29, 0.717) is 17.4 Å². The quantitative estimate of drug-likeness (QED) is 0.485. The van der Waals surface area contributed by atoms with Crippen LogP contribution in [0.2, 0.25) is 0 Å². The van der Waals surface area contributed by atoms with E-state index in [2.05, 4.69) is 25.2 Å². The first-order chi connectivity index (χ1) is 14.1. The first-order valence-corrected chi connectivity index (χ1v) is 9.96. The number of nitrogens with one attached hydrogen (secondary N) is 1. The summed E-state index contributed by atoms with van der Waals surface area (Å²) in [5, 5.41) is 2.90. The molecule has 3 aromatic carbocycles. The minimum Gasteiger partial charge on any atom is -0.481 e. The molecule has 150 valence electrons. The molecule has 0 heterocycles. The molecule has 2 atom stereocenters. The molecule has 3 rings (SSSR count). The summed E-state index contributed by atoms with van der Waals surface area (Å²) in [5.74, 6) is 2.42. The molecule has 0 bridgehead atoms. The maximum atomic E-state index is 12.6. The fourth-order valence-electron chi connectivity index (χ4n) is 2.93. The predicted octanol–water partition coefficient (Wildman–Crippen LogP) is 6.40. The van der Waals surface area contributed by atoms with Crippen molar-refractivity contribution in [1.29, 1.82) is 0 Å². The monoisotopic (exact) mass is 389 g/mol. The van der Waals surface area contributed by atoms with Crippen LogP contribution in [0.3, 0.4) is 0 Å². The predicted molar refractivity (Wildman–Crippen MR) is 117 cm³/mol. The maximum absolute atomic E-state index is 12.6. The Hall–Kier alpha value is -3.27. The van der Waals surface area contributed by atoms with E-state index < -0.39 is 6.10 Å². The first-order valence-electron chi connectivity index (χ1n) is 9.96. The van der Waals surface area contributed by atoms with Gasteiger partial charge in [0.2, 0.25) is 0 Å². The molecule has 4 nitrogen and oxygen atoms in total. The molecule has 0 fully saturated rings. The van der Waals surface area contributed by atoms with Crippen LogP contribution in [0.15, 0.2) is 78.9 Å². The number of carbonyl (C=O) groups excluding carboxylic acids is 1. The van der Waals surface area contributed by atoms with Crippen LogP contribution in [0.1, 0.15) is 38.7 Å². The molecule has 3 aromatic rings. The fraction of sp³-hybridized carbons (Fsp3) is 0.240. The number of benzene rings is 3. The number of anilines is 1. The number of amides is 1. The van der Waals surface area contributed by atoms with Gasteiger partial charge in [0.1, 0.15) is 17.2 Å². The highest BCUT2D eigenvalue weighted by molar-refractivity contribution is 5.94. The Bertz CT molecular complexity index is 922. The first kappa shape index (κ1) is 20.5. The van der Waals surface area contributed by atoms with Gasteiger partial charge in [0.25, 0.3) is 5.91 Å². The second-order valence-electron chi connectivity index (χ2n) is 7.04. The summed E-state index contributed by atoms with van der Waals surface area (Å²) >= 11 is 0. The molecule has 0 saturated carbocycles. The molecule has 0 aliphatic heterocycles. The van der Waals surface area contributed by atoms with E-state index in [-0.39, 0.29) is 5.91 Å². The summed E-state index contributed by atoms with van der Waals surface area (Å²) in [7, 11) is 0. The van der Waals surface area contributed by atoms with Crippen molar-refractivity contribution in [1.82, 2.24) is 0 Å². The zero-order valence-corrected chi connectivity index (χ0v) is 17.1. The highest BCUT2D eigenvalue weighted by Gasteiger charge is 2.18. The summed E-state index contributed by atoms with van der Waals surface area (Å²) in [4.78, 5) is 12.6. The van der Waals surface area contributed by atoms with Crippen molar-refractivity contribution in [3.63, 3.8) is 0 Å². The van der Waals surface area contributed by atoms with Crippen LogP contribution in [-0.4, -0.2) is 12.0 Å². The number of hydrogen-bond acceptors (Lipinski definition) is 3. The summed E-state index contributed by atoms with van der Waals surface area (Å²) in [6, 6.07) is 24.8. The molecular weight excluding hydrogens is 362 g/mol. The van der Waals surface area contributed by atoms with E-state index in [1.165, 1.54) is 0 Å². The molecule has 0 spiro atoms. The minimum absolute atomic E-state index is 0.194. The van der Waals surface area contributed by atoms with Gasteiger partial charge in [-0.3, -0.25) is 4.79 Å². The van der Waals surface area contributed by atoms with Gasteiger partial charge in [-0.25, -0.2) is 0 Å². The van der Waals surface area contributed by atoms with Crippen molar-refractivity contribution in [3.05, 3.63) is 84.4 Å². The highest BCUT2D eigenvalue weighted by Crippen LogP contribution is 2.29. The number of hydrogen-bond donors (Lipinski definition) is 1. The number of rotatable bonds is 8. The van der Waals surface area contributed by atoms with E-state index in [4.69, 9.17) is 9.47 Å². The summed E-state index contributed by atoms with van der Waals surface area (Å²) in [6.07, 6.45) is 0.402. The molecule has 29 heavy (non-hydrogen) atoms. The van der Waals surface area contributed by atoms with Gasteiger partial charge < -0.3 is 14.8 Å². The molecule has 2 unspecified atom stereocenters. The Kier molecular flexibility index (Phi) is 6.90. The van der Waals surface area contributed by atoms with Gasteiger partial charge in [0, 0.05) is 5.69 Å². The lowest BCUT2D eigenvalue weighted by Gasteiger charge is -2.19. The van der Waals surface area contributed by atoms with Crippen LogP contribution in [-0.2, 0) is 4.79 Å². The second kappa shape index (κ2) is 9.78. The molecular formula is C25H27NO3. The molecule has 1 N–H and O–H groups in total. The summed E-state index contributed by atoms with van der Waals surface area (Å²) < 4.78 is 11.7. The average molecular weight is 389 g/mol. The Morgan fingerprint density at radius 1 is 0.862 bits per heavy atom. The SMILES string of the molecule is CCC(C)c1ccccc1OC(C)C(=O)Nc1ccc(Oc2ccccc2)cc1. The Morgan fingerprint density at radius 2 is 1.48 bits per heavy atom. The standard InChI is InChI=1S/C25H27NO3/c1-4-18(2)23-12-8-9-13-24(23)28-19(3)25(27)26-20-14-16-22(17-15-20)29-21-10-6-5-7-11-21/h5-19H,4H2,1-3H3,(H,26,27). The van der Waals surface area contributed by atoms with E-state index in [0.717, 1.165) is 23.5 Å². The number of carbonyl (C=O) groups is 1. The van der Waals surface area contributed by atoms with Gasteiger partial charge in [0.05, 0.1) is 0 Å². The van der Waals surface area contributed by atoms with Gasteiger partial charge in [0.15, 0.2) is 6.10 Å². The normalized spacial score (nSPS) is 12.7. The third-order valence-electron chi connectivity index (χ3n) is 4.84.